The first-order chi connectivity index (χ1) is 26.5. The molecule has 8 rings (SSSR count). The molecule has 2 aliphatic rings. The fourth-order valence-corrected chi connectivity index (χ4v) is 10.3. The van der Waals surface area contributed by atoms with Crippen molar-refractivity contribution >= 4 is 73.7 Å². The maximum atomic E-state index is 13.9. The zero-order valence-corrected chi connectivity index (χ0v) is 35.3. The number of benzene rings is 3. The second-order valence-corrected chi connectivity index (χ2v) is 19.8. The number of thiophene rings is 2. The van der Waals surface area contributed by atoms with E-state index in [1.807, 2.05) is 24.3 Å². The molecule has 0 fully saturated rings. The monoisotopic (exact) mass is 781 g/mol. The number of Topliss-reactive ketones (excluding diaryl/α,β-unsaturated/α-hetero) is 1. The first-order valence-electron chi connectivity index (χ1n) is 19.4. The second kappa shape index (κ2) is 13.6. The zero-order chi connectivity index (χ0) is 39.9. The normalized spacial score (nSPS) is 16.4. The molecule has 4 heterocycles. The molecule has 0 bridgehead atoms. The number of nitrogens with zero attached hydrogens (tertiary/aromatic N) is 2. The summed E-state index contributed by atoms with van der Waals surface area (Å²) in [7, 11) is 0. The summed E-state index contributed by atoms with van der Waals surface area (Å²) in [5, 5.41) is 15.1. The van der Waals surface area contributed by atoms with E-state index in [9.17, 15) is 14.7 Å². The molecule has 3 aromatic carbocycles. The fourth-order valence-electron chi connectivity index (χ4n) is 8.10. The van der Waals surface area contributed by atoms with Crippen molar-refractivity contribution in [3.05, 3.63) is 118 Å². The van der Waals surface area contributed by atoms with Gasteiger partial charge in [-0.25, -0.2) is 0 Å². The minimum atomic E-state index is -0.484. The van der Waals surface area contributed by atoms with E-state index in [2.05, 4.69) is 126 Å². The number of allylic oxidation sites excluding steroid dienone is 3. The summed E-state index contributed by atoms with van der Waals surface area (Å²) in [5.41, 5.74) is 8.24. The Hall–Kier alpha value is -5.05. The SMILES string of the molecule is CCCC[N+]1=C(/C=C2/C(=O)C(c3ccc(-c4ccc(-n5c6ccc(C(C)(C)C)cc6c6cc(C(C)(C)C)ccc65)s4)s3)=C2O)C(C)(C)c2cc(OC=O)ccc21. The van der Waals surface area contributed by atoms with Crippen LogP contribution in [0.4, 0.5) is 5.69 Å². The molecule has 0 radical (unpaired) electrons. The van der Waals surface area contributed by atoms with E-state index >= 15 is 0 Å². The molecule has 286 valence electrons. The van der Waals surface area contributed by atoms with Gasteiger partial charge < -0.3 is 14.4 Å². The van der Waals surface area contributed by atoms with E-state index in [4.69, 9.17) is 4.74 Å². The number of fused-ring (bicyclic) bond motifs is 4. The molecular weight excluding hydrogens is 733 g/mol. The average Bonchev–Trinajstić information content (AvgIpc) is 3.93. The largest absolute Gasteiger partial charge is 0.506 e. The smallest absolute Gasteiger partial charge is 0.298 e. The van der Waals surface area contributed by atoms with Gasteiger partial charge in [0, 0.05) is 49.5 Å². The third kappa shape index (κ3) is 6.18. The summed E-state index contributed by atoms with van der Waals surface area (Å²) in [6.07, 6.45) is 3.83. The molecule has 1 aliphatic carbocycles. The number of ketones is 1. The number of aliphatic hydroxyl groups excluding tert-OH is 1. The molecule has 6 nitrogen and oxygen atoms in total. The van der Waals surface area contributed by atoms with E-state index in [-0.39, 0.29) is 22.4 Å². The highest BCUT2D eigenvalue weighted by Gasteiger charge is 2.47. The van der Waals surface area contributed by atoms with Crippen LogP contribution in [-0.2, 0) is 25.8 Å². The van der Waals surface area contributed by atoms with Gasteiger partial charge in [-0.1, -0.05) is 67.0 Å². The van der Waals surface area contributed by atoms with Gasteiger partial charge in [0.2, 0.25) is 11.5 Å². The number of hydrogen-bond acceptors (Lipinski definition) is 6. The molecule has 3 aromatic heterocycles. The van der Waals surface area contributed by atoms with Crippen LogP contribution < -0.4 is 4.74 Å². The Labute approximate surface area is 337 Å². The Morgan fingerprint density at radius 2 is 1.41 bits per heavy atom. The van der Waals surface area contributed by atoms with Gasteiger partial charge in [-0.3, -0.25) is 9.59 Å². The van der Waals surface area contributed by atoms with Crippen LogP contribution in [0.3, 0.4) is 0 Å². The van der Waals surface area contributed by atoms with Crippen LogP contribution in [0.2, 0.25) is 0 Å². The summed E-state index contributed by atoms with van der Waals surface area (Å²) in [5.74, 6) is 0.355. The van der Waals surface area contributed by atoms with Crippen LogP contribution in [0.1, 0.15) is 96.7 Å². The van der Waals surface area contributed by atoms with Crippen molar-refractivity contribution in [2.75, 3.05) is 6.54 Å². The van der Waals surface area contributed by atoms with Gasteiger partial charge in [0.05, 0.1) is 27.6 Å². The van der Waals surface area contributed by atoms with Gasteiger partial charge in [0.1, 0.15) is 23.1 Å². The molecule has 1 N–H and O–H groups in total. The number of carbonyl (C=O) groups is 2. The minimum absolute atomic E-state index is 0.0319. The second-order valence-electron chi connectivity index (χ2n) is 17.6. The average molecular weight is 782 g/mol. The molecule has 0 amide bonds. The number of rotatable bonds is 9. The lowest BCUT2D eigenvalue weighted by Crippen LogP contribution is -2.31. The Morgan fingerprint density at radius 1 is 0.804 bits per heavy atom. The summed E-state index contributed by atoms with van der Waals surface area (Å²) >= 11 is 3.27. The molecule has 8 heteroatoms. The van der Waals surface area contributed by atoms with Gasteiger partial charge in [0.15, 0.2) is 5.71 Å². The summed E-state index contributed by atoms with van der Waals surface area (Å²) < 4.78 is 9.79. The van der Waals surface area contributed by atoms with Crippen molar-refractivity contribution in [1.29, 1.82) is 0 Å². The topological polar surface area (TPSA) is 71.5 Å². The van der Waals surface area contributed by atoms with E-state index in [1.54, 1.807) is 17.4 Å². The molecule has 56 heavy (non-hydrogen) atoms. The number of aromatic nitrogens is 1. The van der Waals surface area contributed by atoms with Crippen LogP contribution in [0, 0.1) is 0 Å². The molecule has 1 aliphatic heterocycles. The Morgan fingerprint density at radius 3 is 2.00 bits per heavy atom. The number of aliphatic hydroxyl groups is 1. The number of hydrogen-bond donors (Lipinski definition) is 1. The summed E-state index contributed by atoms with van der Waals surface area (Å²) in [6, 6.07) is 27.8. The highest BCUT2D eigenvalue weighted by molar-refractivity contribution is 7.24. The van der Waals surface area contributed by atoms with E-state index < -0.39 is 5.41 Å². The predicted octanol–water partition coefficient (Wildman–Crippen LogP) is 12.4. The van der Waals surface area contributed by atoms with Gasteiger partial charge >= 0.3 is 0 Å². The van der Waals surface area contributed by atoms with Crippen LogP contribution in [0.15, 0.2) is 96.3 Å². The molecule has 0 saturated carbocycles. The minimum Gasteiger partial charge on any atom is -0.506 e. The van der Waals surface area contributed by atoms with Crippen LogP contribution in [0.5, 0.6) is 5.75 Å². The Bertz CT molecular complexity index is 2630. The molecule has 0 atom stereocenters. The Kier molecular flexibility index (Phi) is 9.17. The summed E-state index contributed by atoms with van der Waals surface area (Å²) in [4.78, 5) is 27.9. The lowest BCUT2D eigenvalue weighted by atomic mass is 9.78. The van der Waals surface area contributed by atoms with Crippen LogP contribution >= 0.6 is 22.7 Å². The quantitative estimate of drug-likeness (QED) is 0.0901. The highest BCUT2D eigenvalue weighted by Crippen LogP contribution is 2.47. The van der Waals surface area contributed by atoms with Crippen molar-refractivity contribution in [3.8, 4) is 20.5 Å². The van der Waals surface area contributed by atoms with Crippen LogP contribution in [-0.4, -0.2) is 38.8 Å². The number of carbonyl (C=O) groups excluding carboxylic acids is 2. The number of unbranched alkanes of at least 4 members (excludes halogenated alkanes) is 1. The number of ether oxygens (including phenoxy) is 1. The lowest BCUT2D eigenvalue weighted by Gasteiger charge is -2.22. The lowest BCUT2D eigenvalue weighted by molar-refractivity contribution is -0.438. The van der Waals surface area contributed by atoms with E-state index in [0.717, 1.165) is 56.0 Å². The van der Waals surface area contributed by atoms with Crippen molar-refractivity contribution < 1.29 is 24.0 Å². The zero-order valence-electron chi connectivity index (χ0n) is 33.7. The van der Waals surface area contributed by atoms with Gasteiger partial charge in [-0.2, -0.15) is 4.58 Å². The van der Waals surface area contributed by atoms with Crippen molar-refractivity contribution in [3.63, 3.8) is 0 Å². The molecule has 0 unspecified atom stereocenters. The van der Waals surface area contributed by atoms with Crippen molar-refractivity contribution in [1.82, 2.24) is 4.57 Å². The maximum absolute atomic E-state index is 13.9. The van der Waals surface area contributed by atoms with Gasteiger partial charge in [-0.15, -0.1) is 22.7 Å². The van der Waals surface area contributed by atoms with Crippen molar-refractivity contribution in [2.24, 2.45) is 0 Å². The van der Waals surface area contributed by atoms with Crippen molar-refractivity contribution in [2.45, 2.75) is 91.4 Å². The maximum Gasteiger partial charge on any atom is 0.298 e. The van der Waals surface area contributed by atoms with E-state index in [1.165, 1.54) is 44.3 Å². The third-order valence-corrected chi connectivity index (χ3v) is 13.8. The highest BCUT2D eigenvalue weighted by atomic mass is 32.1. The predicted molar refractivity (Wildman–Crippen MR) is 233 cm³/mol. The Balaban J connectivity index is 1.14. The third-order valence-electron chi connectivity index (χ3n) is 11.4. The van der Waals surface area contributed by atoms with Gasteiger partial charge in [-0.05, 0) is 96.5 Å². The van der Waals surface area contributed by atoms with Gasteiger partial charge in [0.25, 0.3) is 6.47 Å². The standard InChI is InChI=1S/C48H48N2O4S2/c1-10-11-22-49-37-17-14-30(54-27-51)25-34(37)48(8,9)41(49)26-33-44(52)43(45(33)53)40-19-18-38(55-40)39-20-21-42(56-39)50-35-15-12-28(46(2,3)4)23-31(35)32-24-29(47(5,6)7)13-16-36(32)50/h12-21,23-27H,10-11,22H2,1-9H3/p+1. The van der Waals surface area contributed by atoms with E-state index in [0.29, 0.717) is 23.4 Å². The molecule has 6 aromatic rings. The fraction of sp³-hybridized carbons (Fsp3) is 0.312. The van der Waals surface area contributed by atoms with Crippen LogP contribution in [0.25, 0.3) is 42.1 Å². The molecule has 0 saturated heterocycles. The molecule has 0 spiro atoms. The molecular formula is C48H49N2O4S2+. The first-order valence-corrected chi connectivity index (χ1v) is 21.1. The summed E-state index contributed by atoms with van der Waals surface area (Å²) in [6.45, 7) is 21.1. The first kappa shape index (κ1) is 37.9.